The van der Waals surface area contributed by atoms with E-state index in [-0.39, 0.29) is 17.9 Å². The van der Waals surface area contributed by atoms with Gasteiger partial charge in [0, 0.05) is 25.5 Å². The minimum Gasteiger partial charge on any atom is -0.462 e. The first-order valence-corrected chi connectivity index (χ1v) is 6.28. The number of nitro benzene ring substituents is 1. The van der Waals surface area contributed by atoms with Gasteiger partial charge in [-0.25, -0.2) is 4.79 Å². The molecule has 0 spiro atoms. The Hall–Kier alpha value is -2.70. The zero-order valence-electron chi connectivity index (χ0n) is 11.3. The maximum Gasteiger partial charge on any atom is 0.337 e. The lowest BCUT2D eigenvalue weighted by Crippen LogP contribution is -2.22. The fourth-order valence-corrected chi connectivity index (χ4v) is 1.99. The number of nitrogens with zero attached hydrogens (tertiary/aromatic N) is 1. The standard InChI is InChI=1S/C14H13NO6/c1-9(16)21-13(12-3-2-8-20-14(12)17)10-4-6-11(7-5-10)15(18)19/h3-7,13H,2,8H2,1H3. The van der Waals surface area contributed by atoms with Crippen molar-refractivity contribution in [2.45, 2.75) is 19.4 Å². The lowest BCUT2D eigenvalue weighted by molar-refractivity contribution is -0.384. The highest BCUT2D eigenvalue weighted by Gasteiger charge is 2.28. The Morgan fingerprint density at radius 2 is 2.05 bits per heavy atom. The van der Waals surface area contributed by atoms with Gasteiger partial charge in [0.15, 0.2) is 6.10 Å². The highest BCUT2D eigenvalue weighted by molar-refractivity contribution is 5.91. The summed E-state index contributed by atoms with van der Waals surface area (Å²) >= 11 is 0. The van der Waals surface area contributed by atoms with Gasteiger partial charge in [0.25, 0.3) is 5.69 Å². The zero-order chi connectivity index (χ0) is 15.4. The van der Waals surface area contributed by atoms with Crippen LogP contribution < -0.4 is 0 Å². The Morgan fingerprint density at radius 3 is 2.57 bits per heavy atom. The SMILES string of the molecule is CC(=O)OC(C1=CCCOC1=O)c1ccc([N+](=O)[O-])cc1. The molecule has 1 heterocycles. The summed E-state index contributed by atoms with van der Waals surface area (Å²) in [7, 11) is 0. The predicted octanol–water partition coefficient (Wildman–Crippen LogP) is 2.07. The number of nitro groups is 1. The monoisotopic (exact) mass is 291 g/mol. The Kier molecular flexibility index (Phi) is 4.32. The van der Waals surface area contributed by atoms with Crippen molar-refractivity contribution in [3.05, 3.63) is 51.6 Å². The average Bonchev–Trinajstić information content (AvgIpc) is 2.45. The van der Waals surface area contributed by atoms with Crippen LogP contribution in [0.15, 0.2) is 35.9 Å². The van der Waals surface area contributed by atoms with Crippen molar-refractivity contribution in [2.24, 2.45) is 0 Å². The summed E-state index contributed by atoms with van der Waals surface area (Å²) in [5.41, 5.74) is 0.617. The van der Waals surface area contributed by atoms with E-state index in [9.17, 15) is 19.7 Å². The molecule has 1 aliphatic rings. The number of hydrogen-bond acceptors (Lipinski definition) is 6. The quantitative estimate of drug-likeness (QED) is 0.478. The summed E-state index contributed by atoms with van der Waals surface area (Å²) in [6, 6.07) is 5.49. The molecule has 0 fully saturated rings. The first-order valence-electron chi connectivity index (χ1n) is 6.28. The molecule has 1 aromatic rings. The molecule has 1 atom stereocenters. The highest BCUT2D eigenvalue weighted by Crippen LogP contribution is 2.30. The van der Waals surface area contributed by atoms with E-state index in [2.05, 4.69) is 0 Å². The van der Waals surface area contributed by atoms with Crippen molar-refractivity contribution >= 4 is 17.6 Å². The molecule has 0 N–H and O–H groups in total. The minimum atomic E-state index is -0.920. The normalized spacial score (nSPS) is 15.7. The molecule has 1 aromatic carbocycles. The molecule has 1 aliphatic heterocycles. The second kappa shape index (κ2) is 6.17. The van der Waals surface area contributed by atoms with Gasteiger partial charge in [-0.05, 0) is 17.7 Å². The van der Waals surface area contributed by atoms with E-state index in [4.69, 9.17) is 9.47 Å². The van der Waals surface area contributed by atoms with Crippen molar-refractivity contribution in [3.63, 3.8) is 0 Å². The topological polar surface area (TPSA) is 95.7 Å². The molecule has 1 unspecified atom stereocenters. The molecule has 7 heteroatoms. The minimum absolute atomic E-state index is 0.0828. The summed E-state index contributed by atoms with van der Waals surface area (Å²) in [5, 5.41) is 10.6. The van der Waals surface area contributed by atoms with E-state index in [1.54, 1.807) is 6.08 Å². The maximum absolute atomic E-state index is 11.8. The number of hydrogen-bond donors (Lipinski definition) is 0. The number of ether oxygens (including phenoxy) is 2. The van der Waals surface area contributed by atoms with Gasteiger partial charge in [0.2, 0.25) is 0 Å². The second-order valence-corrected chi connectivity index (χ2v) is 4.42. The molecule has 0 radical (unpaired) electrons. The van der Waals surface area contributed by atoms with Gasteiger partial charge < -0.3 is 9.47 Å². The van der Waals surface area contributed by atoms with E-state index in [1.807, 2.05) is 0 Å². The van der Waals surface area contributed by atoms with E-state index < -0.39 is 23.0 Å². The van der Waals surface area contributed by atoms with Crippen LogP contribution in [0.1, 0.15) is 25.0 Å². The van der Waals surface area contributed by atoms with Crippen molar-refractivity contribution in [3.8, 4) is 0 Å². The Labute approximate surface area is 120 Å². The zero-order valence-corrected chi connectivity index (χ0v) is 11.3. The number of cyclic esters (lactones) is 1. The molecule has 7 nitrogen and oxygen atoms in total. The van der Waals surface area contributed by atoms with Crippen molar-refractivity contribution in [2.75, 3.05) is 6.61 Å². The summed E-state index contributed by atoms with van der Waals surface area (Å²) < 4.78 is 10.1. The first kappa shape index (κ1) is 14.7. The van der Waals surface area contributed by atoms with E-state index in [0.29, 0.717) is 12.0 Å². The van der Waals surface area contributed by atoms with Gasteiger partial charge in [0.1, 0.15) is 0 Å². The fraction of sp³-hybridized carbons (Fsp3) is 0.286. The van der Waals surface area contributed by atoms with Crippen LogP contribution in [0.25, 0.3) is 0 Å². The van der Waals surface area contributed by atoms with Gasteiger partial charge in [-0.3, -0.25) is 14.9 Å². The number of rotatable bonds is 4. The Bertz CT molecular complexity index is 604. The van der Waals surface area contributed by atoms with Crippen molar-refractivity contribution in [1.29, 1.82) is 0 Å². The molecular weight excluding hydrogens is 278 g/mol. The fourth-order valence-electron chi connectivity index (χ4n) is 1.99. The molecule has 0 saturated carbocycles. The molecule has 0 aliphatic carbocycles. The number of esters is 2. The van der Waals surface area contributed by atoms with Gasteiger partial charge in [-0.2, -0.15) is 0 Å². The number of carbonyl (C=O) groups is 2. The largest absolute Gasteiger partial charge is 0.462 e. The van der Waals surface area contributed by atoms with Gasteiger partial charge >= 0.3 is 11.9 Å². The number of benzene rings is 1. The molecular formula is C14H13NO6. The molecule has 0 bridgehead atoms. The molecule has 0 saturated heterocycles. The van der Waals surface area contributed by atoms with Gasteiger partial charge in [-0.15, -0.1) is 0 Å². The van der Waals surface area contributed by atoms with Gasteiger partial charge in [-0.1, -0.05) is 6.08 Å². The predicted molar refractivity (Wildman–Crippen MR) is 71.3 cm³/mol. The van der Waals surface area contributed by atoms with Crippen LogP contribution in [0.2, 0.25) is 0 Å². The highest BCUT2D eigenvalue weighted by atomic mass is 16.6. The van der Waals surface area contributed by atoms with Crippen molar-refractivity contribution < 1.29 is 24.0 Å². The maximum atomic E-state index is 11.8. The van der Waals surface area contributed by atoms with Crippen LogP contribution >= 0.6 is 0 Å². The Balaban J connectivity index is 2.35. The van der Waals surface area contributed by atoms with Crippen LogP contribution in [-0.2, 0) is 19.1 Å². The molecule has 21 heavy (non-hydrogen) atoms. The average molecular weight is 291 g/mol. The third-order valence-corrected chi connectivity index (χ3v) is 2.92. The molecule has 2 rings (SSSR count). The number of non-ortho nitro benzene ring substituents is 1. The lowest BCUT2D eigenvalue weighted by atomic mass is 9.99. The smallest absolute Gasteiger partial charge is 0.337 e. The van der Waals surface area contributed by atoms with Crippen molar-refractivity contribution in [1.82, 2.24) is 0 Å². The Morgan fingerprint density at radius 1 is 1.38 bits per heavy atom. The molecule has 0 amide bonds. The van der Waals surface area contributed by atoms with E-state index in [0.717, 1.165) is 0 Å². The van der Waals surface area contributed by atoms with Gasteiger partial charge in [0.05, 0.1) is 17.1 Å². The summed E-state index contributed by atoms with van der Waals surface area (Å²) in [5.74, 6) is -1.11. The third-order valence-electron chi connectivity index (χ3n) is 2.92. The first-order chi connectivity index (χ1) is 9.99. The number of carbonyl (C=O) groups excluding carboxylic acids is 2. The summed E-state index contributed by atoms with van der Waals surface area (Å²) in [4.78, 5) is 33.1. The summed E-state index contributed by atoms with van der Waals surface area (Å²) in [6.07, 6.45) is 1.27. The third kappa shape index (κ3) is 3.44. The molecule has 0 aromatic heterocycles. The van der Waals surface area contributed by atoms with Crippen LogP contribution in [-0.4, -0.2) is 23.5 Å². The van der Waals surface area contributed by atoms with E-state index in [1.165, 1.54) is 31.2 Å². The van der Waals surface area contributed by atoms with E-state index >= 15 is 0 Å². The van der Waals surface area contributed by atoms with Crippen LogP contribution in [0.5, 0.6) is 0 Å². The van der Waals surface area contributed by atoms with Crippen LogP contribution in [0.3, 0.4) is 0 Å². The van der Waals surface area contributed by atoms with Crippen LogP contribution in [0.4, 0.5) is 5.69 Å². The summed E-state index contributed by atoms with van der Waals surface area (Å²) in [6.45, 7) is 1.52. The lowest BCUT2D eigenvalue weighted by Gasteiger charge is -2.22. The van der Waals surface area contributed by atoms with Crippen LogP contribution in [0, 0.1) is 10.1 Å². The second-order valence-electron chi connectivity index (χ2n) is 4.42. The molecule has 110 valence electrons.